The second-order valence-corrected chi connectivity index (χ2v) is 8.14. The molecule has 0 spiro atoms. The molecule has 1 nitrogen and oxygen atoms in total. The predicted molar refractivity (Wildman–Crippen MR) is 85.7 cm³/mol. The lowest BCUT2D eigenvalue weighted by atomic mass is 10.0. The third-order valence-electron chi connectivity index (χ3n) is 3.79. The highest BCUT2D eigenvalue weighted by Gasteiger charge is 2.30. The molecule has 1 fully saturated rings. The van der Waals surface area contributed by atoms with Crippen molar-refractivity contribution in [3.05, 3.63) is 35.6 Å². The van der Waals surface area contributed by atoms with E-state index < -0.39 is 0 Å². The summed E-state index contributed by atoms with van der Waals surface area (Å²) in [6.07, 6.45) is 0.766. The van der Waals surface area contributed by atoms with Gasteiger partial charge in [-0.3, -0.25) is 0 Å². The fourth-order valence-electron chi connectivity index (χ4n) is 2.34. The van der Waals surface area contributed by atoms with E-state index in [1.807, 2.05) is 42.7 Å². The summed E-state index contributed by atoms with van der Waals surface area (Å²) in [5, 5.41) is 5.32. The first-order valence-corrected chi connectivity index (χ1v) is 8.78. The number of benzene rings is 1. The van der Waals surface area contributed by atoms with Crippen molar-refractivity contribution >= 4 is 23.5 Å². The predicted octanol–water partition coefficient (Wildman–Crippen LogP) is 3.58. The summed E-state index contributed by atoms with van der Waals surface area (Å²) in [5.74, 6) is 1.06. The molecule has 1 aliphatic rings. The lowest BCUT2D eigenvalue weighted by molar-refractivity contribution is 0.531. The molecule has 0 amide bonds. The Kier molecular flexibility index (Phi) is 5.60. The van der Waals surface area contributed by atoms with E-state index in [1.165, 1.54) is 0 Å². The van der Waals surface area contributed by atoms with Gasteiger partial charge in [-0.15, -0.1) is 0 Å². The van der Waals surface area contributed by atoms with Gasteiger partial charge in [-0.25, -0.2) is 4.39 Å². The first-order valence-electron chi connectivity index (χ1n) is 6.79. The van der Waals surface area contributed by atoms with Crippen molar-refractivity contribution in [3.8, 4) is 0 Å². The highest BCUT2D eigenvalue weighted by Crippen LogP contribution is 2.37. The standard InChI is InChI=1S/C15H22FNS2/c1-10-11(2)19-15(9-18-10)14(17-3)8-12-6-4-5-7-13(12)16/h4-7,10-11,14-15,17H,8-9H2,1-3H3. The van der Waals surface area contributed by atoms with Gasteiger partial charge in [0, 0.05) is 27.5 Å². The highest BCUT2D eigenvalue weighted by molar-refractivity contribution is 8.07. The van der Waals surface area contributed by atoms with E-state index in [0.717, 1.165) is 17.7 Å². The molecule has 4 heteroatoms. The largest absolute Gasteiger partial charge is 0.316 e. The Bertz CT molecular complexity index is 413. The van der Waals surface area contributed by atoms with Crippen molar-refractivity contribution in [1.82, 2.24) is 5.32 Å². The fourth-order valence-corrected chi connectivity index (χ4v) is 5.51. The van der Waals surface area contributed by atoms with Gasteiger partial charge in [-0.05, 0) is 25.1 Å². The Balaban J connectivity index is 2.02. The Hall–Kier alpha value is -0.190. The molecule has 0 bridgehead atoms. The number of likely N-dealkylation sites (N-methyl/N-ethyl adjacent to an activating group) is 1. The van der Waals surface area contributed by atoms with Gasteiger partial charge in [-0.2, -0.15) is 23.5 Å². The van der Waals surface area contributed by atoms with Crippen molar-refractivity contribution in [2.24, 2.45) is 0 Å². The molecule has 4 atom stereocenters. The maximum atomic E-state index is 13.8. The topological polar surface area (TPSA) is 12.0 Å². The molecular formula is C15H22FNS2. The number of halogens is 1. The zero-order valence-corrected chi connectivity index (χ0v) is 13.4. The number of hydrogen-bond donors (Lipinski definition) is 1. The molecule has 1 aromatic carbocycles. The van der Waals surface area contributed by atoms with Gasteiger partial charge < -0.3 is 5.32 Å². The maximum Gasteiger partial charge on any atom is 0.126 e. The van der Waals surface area contributed by atoms with E-state index >= 15 is 0 Å². The monoisotopic (exact) mass is 299 g/mol. The van der Waals surface area contributed by atoms with Gasteiger partial charge >= 0.3 is 0 Å². The molecule has 1 saturated heterocycles. The normalized spacial score (nSPS) is 29.2. The average Bonchev–Trinajstić information content (AvgIpc) is 2.41. The zero-order chi connectivity index (χ0) is 13.8. The molecule has 1 heterocycles. The van der Waals surface area contributed by atoms with Crippen molar-refractivity contribution in [2.75, 3.05) is 12.8 Å². The molecule has 1 aromatic rings. The number of thioether (sulfide) groups is 2. The Labute approximate surface area is 124 Å². The van der Waals surface area contributed by atoms with Crippen LogP contribution < -0.4 is 5.32 Å². The van der Waals surface area contributed by atoms with Crippen LogP contribution in [0.1, 0.15) is 19.4 Å². The summed E-state index contributed by atoms with van der Waals surface area (Å²) in [6, 6.07) is 7.45. The Morgan fingerprint density at radius 1 is 1.32 bits per heavy atom. The SMILES string of the molecule is CNC(Cc1ccccc1F)C1CSC(C)C(C)S1. The molecule has 19 heavy (non-hydrogen) atoms. The minimum Gasteiger partial charge on any atom is -0.316 e. The smallest absolute Gasteiger partial charge is 0.126 e. The van der Waals surface area contributed by atoms with Gasteiger partial charge in [0.2, 0.25) is 0 Å². The summed E-state index contributed by atoms with van der Waals surface area (Å²) in [6.45, 7) is 4.59. The third-order valence-corrected chi connectivity index (χ3v) is 7.34. The molecule has 0 aromatic heterocycles. The first kappa shape index (κ1) is 15.2. The fraction of sp³-hybridized carbons (Fsp3) is 0.600. The molecular weight excluding hydrogens is 277 g/mol. The van der Waals surface area contributed by atoms with Crippen LogP contribution in [0, 0.1) is 5.82 Å². The average molecular weight is 299 g/mol. The summed E-state index contributed by atoms with van der Waals surface area (Å²) in [7, 11) is 1.99. The quantitative estimate of drug-likeness (QED) is 0.912. The second kappa shape index (κ2) is 7.00. The Morgan fingerprint density at radius 2 is 2.05 bits per heavy atom. The summed E-state index contributed by atoms with van der Waals surface area (Å²) in [4.78, 5) is 0. The van der Waals surface area contributed by atoms with Crippen LogP contribution in [0.25, 0.3) is 0 Å². The molecule has 4 unspecified atom stereocenters. The van der Waals surface area contributed by atoms with E-state index in [4.69, 9.17) is 0 Å². The third kappa shape index (κ3) is 3.89. The molecule has 1 N–H and O–H groups in total. The number of hydrogen-bond acceptors (Lipinski definition) is 3. The van der Waals surface area contributed by atoms with Crippen molar-refractivity contribution in [2.45, 2.75) is 42.1 Å². The van der Waals surface area contributed by atoms with Crippen LogP contribution in [-0.2, 0) is 6.42 Å². The van der Waals surface area contributed by atoms with Crippen molar-refractivity contribution in [3.63, 3.8) is 0 Å². The minimum absolute atomic E-state index is 0.0855. The molecule has 1 aliphatic heterocycles. The molecule has 0 radical (unpaired) electrons. The highest BCUT2D eigenvalue weighted by atomic mass is 32.2. The summed E-state index contributed by atoms with van der Waals surface area (Å²) in [5.41, 5.74) is 0.818. The van der Waals surface area contributed by atoms with Crippen LogP contribution in [-0.4, -0.2) is 34.6 Å². The second-order valence-electron chi connectivity index (χ2n) is 5.11. The zero-order valence-electron chi connectivity index (χ0n) is 11.7. The lowest BCUT2D eigenvalue weighted by Gasteiger charge is -2.36. The van der Waals surface area contributed by atoms with E-state index in [9.17, 15) is 4.39 Å². The molecule has 2 rings (SSSR count). The van der Waals surface area contributed by atoms with Gasteiger partial charge in [0.15, 0.2) is 0 Å². The van der Waals surface area contributed by atoms with Crippen LogP contribution in [0.15, 0.2) is 24.3 Å². The van der Waals surface area contributed by atoms with E-state index in [1.54, 1.807) is 12.1 Å². The molecule has 0 aliphatic carbocycles. The van der Waals surface area contributed by atoms with Crippen molar-refractivity contribution < 1.29 is 4.39 Å². The van der Waals surface area contributed by atoms with Gasteiger partial charge in [-0.1, -0.05) is 32.0 Å². The lowest BCUT2D eigenvalue weighted by Crippen LogP contribution is -2.43. The number of nitrogens with one attached hydrogen (secondary N) is 1. The van der Waals surface area contributed by atoms with Gasteiger partial charge in [0.05, 0.1) is 0 Å². The number of rotatable bonds is 4. The maximum absolute atomic E-state index is 13.8. The first-order chi connectivity index (χ1) is 9.11. The molecule has 0 saturated carbocycles. The minimum atomic E-state index is -0.0855. The van der Waals surface area contributed by atoms with Crippen LogP contribution in [0.4, 0.5) is 4.39 Å². The van der Waals surface area contributed by atoms with Crippen molar-refractivity contribution in [1.29, 1.82) is 0 Å². The van der Waals surface area contributed by atoms with E-state index in [2.05, 4.69) is 19.2 Å². The van der Waals surface area contributed by atoms with E-state index in [-0.39, 0.29) is 5.82 Å². The summed E-state index contributed by atoms with van der Waals surface area (Å²) < 4.78 is 13.8. The van der Waals surface area contributed by atoms with Crippen LogP contribution in [0.5, 0.6) is 0 Å². The van der Waals surface area contributed by atoms with Gasteiger partial charge in [0.1, 0.15) is 5.82 Å². The van der Waals surface area contributed by atoms with Crippen LogP contribution in [0.2, 0.25) is 0 Å². The van der Waals surface area contributed by atoms with Crippen LogP contribution >= 0.6 is 23.5 Å². The summed E-state index contributed by atoms with van der Waals surface area (Å²) >= 11 is 4.08. The van der Waals surface area contributed by atoms with E-state index in [0.29, 0.717) is 21.8 Å². The van der Waals surface area contributed by atoms with Crippen LogP contribution in [0.3, 0.4) is 0 Å². The Morgan fingerprint density at radius 3 is 2.68 bits per heavy atom. The molecule has 106 valence electrons. The van der Waals surface area contributed by atoms with Gasteiger partial charge in [0.25, 0.3) is 0 Å².